The number of piperidine rings is 1. The second kappa shape index (κ2) is 7.88. The van der Waals surface area contributed by atoms with Gasteiger partial charge in [-0.1, -0.05) is 6.07 Å². The molecular formula is C21H25N5O2. The number of ether oxygens (including phenoxy) is 2. The van der Waals surface area contributed by atoms with E-state index in [1.807, 2.05) is 24.4 Å². The monoisotopic (exact) mass is 379 g/mol. The Balaban J connectivity index is 1.58. The molecule has 0 radical (unpaired) electrons. The molecule has 0 saturated carbocycles. The van der Waals surface area contributed by atoms with Crippen molar-refractivity contribution in [3.8, 4) is 22.6 Å². The van der Waals surface area contributed by atoms with Gasteiger partial charge in [0, 0.05) is 36.5 Å². The van der Waals surface area contributed by atoms with Crippen LogP contribution in [0.5, 0.6) is 11.5 Å². The molecule has 0 atom stereocenters. The van der Waals surface area contributed by atoms with Gasteiger partial charge in [0.05, 0.1) is 26.2 Å². The lowest BCUT2D eigenvalue weighted by atomic mass is 9.92. The van der Waals surface area contributed by atoms with Gasteiger partial charge in [0.25, 0.3) is 0 Å². The SMILES string of the molecule is COc1ccc(-c2cncnc2N2CCC(c3nc[nH]c3C)CC2)cc1OC. The minimum atomic E-state index is 0.494. The van der Waals surface area contributed by atoms with Crippen LogP contribution in [0.25, 0.3) is 11.1 Å². The standard InChI is InChI=1S/C21H25N5O2/c1-14-20(24-13-23-14)15-6-8-26(9-7-15)21-17(11-22-12-25-21)16-4-5-18(27-2)19(10-16)28-3/h4-5,10-13,15H,6-9H2,1-3H3,(H,23,24). The molecule has 0 bridgehead atoms. The van der Waals surface area contributed by atoms with Gasteiger partial charge in [0.15, 0.2) is 11.5 Å². The molecule has 1 N–H and O–H groups in total. The number of hydrogen-bond donors (Lipinski definition) is 1. The summed E-state index contributed by atoms with van der Waals surface area (Å²) >= 11 is 0. The van der Waals surface area contributed by atoms with Crippen molar-refractivity contribution in [1.82, 2.24) is 19.9 Å². The Hall–Kier alpha value is -3.09. The molecule has 3 heterocycles. The van der Waals surface area contributed by atoms with Crippen LogP contribution in [0.4, 0.5) is 5.82 Å². The molecule has 28 heavy (non-hydrogen) atoms. The van der Waals surface area contributed by atoms with Gasteiger partial charge in [-0.15, -0.1) is 0 Å². The number of hydrogen-bond acceptors (Lipinski definition) is 6. The number of nitrogens with one attached hydrogen (secondary N) is 1. The molecule has 146 valence electrons. The maximum atomic E-state index is 5.46. The predicted molar refractivity (Wildman–Crippen MR) is 108 cm³/mol. The predicted octanol–water partition coefficient (Wildman–Crippen LogP) is 3.58. The summed E-state index contributed by atoms with van der Waals surface area (Å²) in [6, 6.07) is 5.90. The van der Waals surface area contributed by atoms with Crippen molar-refractivity contribution in [3.05, 3.63) is 48.4 Å². The molecule has 1 aliphatic rings. The number of aryl methyl sites for hydroxylation is 1. The van der Waals surface area contributed by atoms with Crippen LogP contribution in [-0.2, 0) is 0 Å². The third kappa shape index (κ3) is 3.40. The zero-order valence-electron chi connectivity index (χ0n) is 16.5. The molecular weight excluding hydrogens is 354 g/mol. The highest BCUT2D eigenvalue weighted by Crippen LogP contribution is 2.37. The lowest BCUT2D eigenvalue weighted by molar-refractivity contribution is 0.355. The van der Waals surface area contributed by atoms with E-state index in [0.29, 0.717) is 17.4 Å². The molecule has 1 aliphatic heterocycles. The van der Waals surface area contributed by atoms with Gasteiger partial charge in [-0.2, -0.15) is 0 Å². The molecule has 1 saturated heterocycles. The van der Waals surface area contributed by atoms with Gasteiger partial charge >= 0.3 is 0 Å². The molecule has 0 aliphatic carbocycles. The van der Waals surface area contributed by atoms with Gasteiger partial charge in [0.2, 0.25) is 0 Å². The topological polar surface area (TPSA) is 76.2 Å². The van der Waals surface area contributed by atoms with E-state index in [1.54, 1.807) is 26.9 Å². The minimum Gasteiger partial charge on any atom is -0.493 e. The average Bonchev–Trinajstić information content (AvgIpc) is 3.19. The number of rotatable bonds is 5. The largest absolute Gasteiger partial charge is 0.493 e. The van der Waals surface area contributed by atoms with Crippen molar-refractivity contribution in [2.24, 2.45) is 0 Å². The third-order valence-electron chi connectivity index (χ3n) is 5.44. The number of benzene rings is 1. The molecule has 3 aromatic rings. The van der Waals surface area contributed by atoms with Crippen molar-refractivity contribution >= 4 is 5.82 Å². The van der Waals surface area contributed by atoms with E-state index in [2.05, 4.69) is 31.8 Å². The molecule has 0 spiro atoms. The Morgan fingerprint density at radius 1 is 1.07 bits per heavy atom. The van der Waals surface area contributed by atoms with Gasteiger partial charge in [0.1, 0.15) is 12.1 Å². The van der Waals surface area contributed by atoms with Crippen molar-refractivity contribution in [2.75, 3.05) is 32.2 Å². The van der Waals surface area contributed by atoms with E-state index in [0.717, 1.165) is 42.9 Å². The van der Waals surface area contributed by atoms with E-state index in [9.17, 15) is 0 Å². The Kier molecular flexibility index (Phi) is 5.14. The molecule has 7 heteroatoms. The molecule has 7 nitrogen and oxygen atoms in total. The average molecular weight is 379 g/mol. The van der Waals surface area contributed by atoms with E-state index in [1.165, 1.54) is 11.4 Å². The lowest BCUT2D eigenvalue weighted by Crippen LogP contribution is -2.34. The quantitative estimate of drug-likeness (QED) is 0.730. The van der Waals surface area contributed by atoms with Gasteiger partial charge in [-0.3, -0.25) is 0 Å². The summed E-state index contributed by atoms with van der Waals surface area (Å²) in [7, 11) is 3.28. The van der Waals surface area contributed by atoms with Crippen LogP contribution < -0.4 is 14.4 Å². The second-order valence-electron chi connectivity index (χ2n) is 7.00. The highest BCUT2D eigenvalue weighted by Gasteiger charge is 2.25. The zero-order valence-corrected chi connectivity index (χ0v) is 16.5. The van der Waals surface area contributed by atoms with E-state index < -0.39 is 0 Å². The van der Waals surface area contributed by atoms with Gasteiger partial charge in [-0.05, 0) is 37.5 Å². The number of nitrogens with zero attached hydrogens (tertiary/aromatic N) is 4. The summed E-state index contributed by atoms with van der Waals surface area (Å²) in [4.78, 5) is 18.9. The van der Waals surface area contributed by atoms with Crippen LogP contribution in [0.3, 0.4) is 0 Å². The lowest BCUT2D eigenvalue weighted by Gasteiger charge is -2.33. The summed E-state index contributed by atoms with van der Waals surface area (Å²) in [6.45, 7) is 3.97. The van der Waals surface area contributed by atoms with Gasteiger partial charge < -0.3 is 19.4 Å². The van der Waals surface area contributed by atoms with E-state index >= 15 is 0 Å². The van der Waals surface area contributed by atoms with Crippen LogP contribution in [-0.4, -0.2) is 47.2 Å². The fourth-order valence-corrected chi connectivity index (χ4v) is 3.93. The highest BCUT2D eigenvalue weighted by atomic mass is 16.5. The molecule has 1 fully saturated rings. The van der Waals surface area contributed by atoms with E-state index in [4.69, 9.17) is 9.47 Å². The zero-order chi connectivity index (χ0) is 19.5. The Morgan fingerprint density at radius 3 is 2.54 bits per heavy atom. The first kappa shape index (κ1) is 18.3. The Labute approximate surface area is 164 Å². The van der Waals surface area contributed by atoms with Gasteiger partial charge in [-0.25, -0.2) is 15.0 Å². The first-order valence-corrected chi connectivity index (χ1v) is 9.48. The smallest absolute Gasteiger partial charge is 0.161 e. The highest BCUT2D eigenvalue weighted by molar-refractivity contribution is 5.77. The van der Waals surface area contributed by atoms with Crippen molar-refractivity contribution in [3.63, 3.8) is 0 Å². The maximum Gasteiger partial charge on any atom is 0.161 e. The number of imidazole rings is 1. The van der Waals surface area contributed by atoms with Crippen molar-refractivity contribution < 1.29 is 9.47 Å². The number of anilines is 1. The molecule has 0 amide bonds. The fourth-order valence-electron chi connectivity index (χ4n) is 3.93. The van der Waals surface area contributed by atoms with Crippen LogP contribution >= 0.6 is 0 Å². The summed E-state index contributed by atoms with van der Waals surface area (Å²) in [5, 5.41) is 0. The number of methoxy groups -OCH3 is 2. The summed E-state index contributed by atoms with van der Waals surface area (Å²) in [6.07, 6.45) is 7.38. The number of aromatic amines is 1. The number of H-pyrrole nitrogens is 1. The van der Waals surface area contributed by atoms with Crippen molar-refractivity contribution in [2.45, 2.75) is 25.7 Å². The molecule has 2 aromatic heterocycles. The van der Waals surface area contributed by atoms with Crippen LogP contribution in [0.1, 0.15) is 30.1 Å². The summed E-state index contributed by atoms with van der Waals surface area (Å²) in [5.41, 5.74) is 4.38. The minimum absolute atomic E-state index is 0.494. The molecule has 0 unspecified atom stereocenters. The Bertz CT molecular complexity index is 947. The first-order valence-electron chi connectivity index (χ1n) is 9.48. The fraction of sp³-hybridized carbons (Fsp3) is 0.381. The maximum absolute atomic E-state index is 5.46. The van der Waals surface area contributed by atoms with Crippen LogP contribution in [0.2, 0.25) is 0 Å². The first-order chi connectivity index (χ1) is 13.7. The third-order valence-corrected chi connectivity index (χ3v) is 5.44. The summed E-state index contributed by atoms with van der Waals surface area (Å²) in [5.74, 6) is 2.86. The molecule has 4 rings (SSSR count). The number of aromatic nitrogens is 4. The summed E-state index contributed by atoms with van der Waals surface area (Å²) < 4.78 is 10.8. The Morgan fingerprint density at radius 2 is 1.86 bits per heavy atom. The normalized spacial score (nSPS) is 14.9. The van der Waals surface area contributed by atoms with Crippen LogP contribution in [0.15, 0.2) is 37.1 Å². The van der Waals surface area contributed by atoms with Crippen LogP contribution in [0, 0.1) is 6.92 Å². The van der Waals surface area contributed by atoms with E-state index in [-0.39, 0.29) is 0 Å². The van der Waals surface area contributed by atoms with Crippen molar-refractivity contribution in [1.29, 1.82) is 0 Å². The molecule has 1 aromatic carbocycles. The second-order valence-corrected chi connectivity index (χ2v) is 7.00.